The molecule has 1 amide bonds. The second kappa shape index (κ2) is 10.2. The van der Waals surface area contributed by atoms with Crippen molar-refractivity contribution in [2.24, 2.45) is 11.3 Å². The van der Waals surface area contributed by atoms with Crippen molar-refractivity contribution in [2.45, 2.75) is 108 Å². The minimum absolute atomic E-state index is 0.0201. The van der Waals surface area contributed by atoms with Gasteiger partial charge in [0.2, 0.25) is 5.91 Å². The van der Waals surface area contributed by atoms with Crippen LogP contribution < -0.4 is 4.90 Å². The highest BCUT2D eigenvalue weighted by Crippen LogP contribution is 2.58. The highest BCUT2D eigenvalue weighted by molar-refractivity contribution is 5.96. The molecule has 2 N–H and O–H groups in total. The van der Waals surface area contributed by atoms with Crippen LogP contribution in [0.5, 0.6) is 0 Å². The lowest BCUT2D eigenvalue weighted by Crippen LogP contribution is -2.54. The molecule has 10 heteroatoms. The number of amides is 1. The van der Waals surface area contributed by atoms with E-state index < -0.39 is 16.9 Å². The molecule has 4 saturated carbocycles. The summed E-state index contributed by atoms with van der Waals surface area (Å²) in [5, 5.41) is 33.5. The minimum atomic E-state index is -1.68. The number of alkyl halides is 1. The van der Waals surface area contributed by atoms with Crippen LogP contribution in [0.25, 0.3) is 11.3 Å². The number of halogens is 1. The molecule has 4 fully saturated rings. The molecule has 4 aliphatic rings. The molecular formula is C33H42FN5O4. The zero-order valence-corrected chi connectivity index (χ0v) is 25.7. The van der Waals surface area contributed by atoms with Crippen LogP contribution in [0.3, 0.4) is 0 Å². The highest BCUT2D eigenvalue weighted by Gasteiger charge is 2.53. The third-order valence-electron chi connectivity index (χ3n) is 10.0. The van der Waals surface area contributed by atoms with E-state index >= 15 is 0 Å². The lowest BCUT2D eigenvalue weighted by molar-refractivity contribution is -0.137. The van der Waals surface area contributed by atoms with Crippen molar-refractivity contribution >= 4 is 11.6 Å². The van der Waals surface area contributed by atoms with Crippen LogP contribution in [0.4, 0.5) is 10.1 Å². The number of hydrogen-bond acceptors (Lipinski definition) is 8. The molecule has 2 heterocycles. The highest BCUT2D eigenvalue weighted by atomic mass is 19.1. The van der Waals surface area contributed by atoms with Gasteiger partial charge in [-0.2, -0.15) is 15.2 Å². The van der Waals surface area contributed by atoms with Gasteiger partial charge in [0.1, 0.15) is 5.60 Å². The zero-order valence-electron chi connectivity index (χ0n) is 25.7. The predicted molar refractivity (Wildman–Crippen MR) is 159 cm³/mol. The van der Waals surface area contributed by atoms with E-state index in [0.717, 1.165) is 49.8 Å². The van der Waals surface area contributed by atoms with Crippen LogP contribution in [0.1, 0.15) is 103 Å². The summed E-state index contributed by atoms with van der Waals surface area (Å²) in [5.41, 5.74) is -1.09. The number of carbonyl (C=O) groups is 1. The fourth-order valence-electron chi connectivity index (χ4n) is 7.19. The topological polar surface area (TPSA) is 125 Å². The first-order chi connectivity index (χ1) is 20.1. The molecule has 1 aromatic carbocycles. The van der Waals surface area contributed by atoms with E-state index in [4.69, 9.17) is 4.52 Å². The zero-order chi connectivity index (χ0) is 30.8. The van der Waals surface area contributed by atoms with E-state index in [0.29, 0.717) is 36.6 Å². The van der Waals surface area contributed by atoms with Gasteiger partial charge in [0.15, 0.2) is 11.5 Å². The van der Waals surface area contributed by atoms with Crippen LogP contribution in [-0.2, 0) is 21.5 Å². The van der Waals surface area contributed by atoms with Gasteiger partial charge >= 0.3 is 0 Å². The molecule has 0 atom stereocenters. The summed E-state index contributed by atoms with van der Waals surface area (Å²) >= 11 is 0. The first-order valence-electron chi connectivity index (χ1n) is 15.3. The van der Waals surface area contributed by atoms with E-state index in [1.807, 2.05) is 35.2 Å². The maximum Gasteiger partial charge on any atom is 0.263 e. The molecule has 0 unspecified atom stereocenters. The van der Waals surface area contributed by atoms with Gasteiger partial charge in [-0.1, -0.05) is 17.3 Å². The molecule has 2 aromatic heterocycles. The average molecular weight is 592 g/mol. The monoisotopic (exact) mass is 591 g/mol. The fourth-order valence-corrected chi connectivity index (χ4v) is 7.19. The standard InChI is InChI=1S/C33H42FN5O4/c1-29(2,34)28-35-27(38-43-28)33-14-11-32(12-15-33,13-16-33)20-39(26(40)22-18-31(5,42)19-22)23-8-6-7-21(17-23)24-9-10-25(37-36-24)30(3,4)41/h6-10,17,22,41-42H,11-16,18-20H2,1-5H3/t22-,31+,32?,33?. The number of rotatable bonds is 8. The number of nitrogens with zero attached hydrogens (tertiary/aromatic N) is 5. The number of anilines is 1. The van der Waals surface area contributed by atoms with Gasteiger partial charge in [-0.15, -0.1) is 0 Å². The number of aromatic nitrogens is 4. The second-order valence-electron chi connectivity index (χ2n) is 14.6. The number of benzene rings is 1. The summed E-state index contributed by atoms with van der Waals surface area (Å²) in [7, 11) is 0. The summed E-state index contributed by atoms with van der Waals surface area (Å²) < 4.78 is 19.8. The molecule has 2 bridgehead atoms. The molecule has 230 valence electrons. The second-order valence-corrected chi connectivity index (χ2v) is 14.6. The third kappa shape index (κ3) is 5.71. The molecule has 0 saturated heterocycles. The largest absolute Gasteiger partial charge is 0.390 e. The first-order valence-corrected chi connectivity index (χ1v) is 15.3. The molecule has 43 heavy (non-hydrogen) atoms. The Labute approximate surface area is 251 Å². The summed E-state index contributed by atoms with van der Waals surface area (Å²) in [6.45, 7) is 8.56. The van der Waals surface area contributed by atoms with Crippen LogP contribution in [0, 0.1) is 11.3 Å². The summed E-state index contributed by atoms with van der Waals surface area (Å²) in [6, 6.07) is 11.4. The molecule has 0 radical (unpaired) electrons. The van der Waals surface area contributed by atoms with E-state index in [2.05, 4.69) is 20.3 Å². The average Bonchev–Trinajstić information content (AvgIpc) is 3.47. The molecule has 0 spiro atoms. The Kier molecular flexibility index (Phi) is 7.04. The van der Waals surface area contributed by atoms with Gasteiger partial charge in [-0.3, -0.25) is 4.79 Å². The lowest BCUT2D eigenvalue weighted by Gasteiger charge is -2.54. The van der Waals surface area contributed by atoms with Crippen molar-refractivity contribution in [3.8, 4) is 11.3 Å². The van der Waals surface area contributed by atoms with Gasteiger partial charge in [-0.05, 0) is 116 Å². The Morgan fingerprint density at radius 3 is 2.26 bits per heavy atom. The van der Waals surface area contributed by atoms with E-state index in [1.54, 1.807) is 26.8 Å². The molecule has 9 nitrogen and oxygen atoms in total. The number of carbonyl (C=O) groups excluding carboxylic acids is 1. The van der Waals surface area contributed by atoms with Crippen molar-refractivity contribution in [1.82, 2.24) is 20.3 Å². The Bertz CT molecular complexity index is 1470. The normalized spacial score (nSPS) is 28.9. The predicted octanol–water partition coefficient (Wildman–Crippen LogP) is 5.74. The number of hydrogen-bond donors (Lipinski definition) is 2. The summed E-state index contributed by atoms with van der Waals surface area (Å²) in [6.07, 6.45) is 6.22. The number of fused-ring (bicyclic) bond motifs is 3. The lowest BCUT2D eigenvalue weighted by atomic mass is 9.53. The quantitative estimate of drug-likeness (QED) is 0.340. The Morgan fingerprint density at radius 2 is 1.72 bits per heavy atom. The van der Waals surface area contributed by atoms with Gasteiger partial charge in [0.25, 0.3) is 5.89 Å². The van der Waals surface area contributed by atoms with Crippen molar-refractivity contribution in [2.75, 3.05) is 11.4 Å². The summed E-state index contributed by atoms with van der Waals surface area (Å²) in [4.78, 5) is 20.4. The Hall–Kier alpha value is -3.24. The Balaban J connectivity index is 1.26. The van der Waals surface area contributed by atoms with Crippen molar-refractivity contribution < 1.29 is 23.9 Å². The van der Waals surface area contributed by atoms with Crippen LogP contribution >= 0.6 is 0 Å². The van der Waals surface area contributed by atoms with Gasteiger partial charge in [-0.25, -0.2) is 4.39 Å². The molecular weight excluding hydrogens is 549 g/mol. The fraction of sp³-hybridized carbons (Fsp3) is 0.606. The van der Waals surface area contributed by atoms with Crippen LogP contribution in [0.2, 0.25) is 0 Å². The van der Waals surface area contributed by atoms with Crippen molar-refractivity contribution in [1.29, 1.82) is 0 Å². The molecule has 7 rings (SSSR count). The maximum atomic E-state index is 14.5. The first kappa shape index (κ1) is 29.8. The molecule has 0 aliphatic heterocycles. The van der Waals surface area contributed by atoms with E-state index in [1.165, 1.54) is 13.8 Å². The maximum absolute atomic E-state index is 14.5. The summed E-state index contributed by atoms with van der Waals surface area (Å²) in [5.74, 6) is 0.438. The number of aliphatic hydroxyl groups is 2. The van der Waals surface area contributed by atoms with Crippen molar-refractivity contribution in [3.05, 3.63) is 53.8 Å². The van der Waals surface area contributed by atoms with Gasteiger partial charge in [0.05, 0.1) is 17.0 Å². The minimum Gasteiger partial charge on any atom is -0.390 e. The van der Waals surface area contributed by atoms with Crippen LogP contribution in [0.15, 0.2) is 40.9 Å². The third-order valence-corrected chi connectivity index (χ3v) is 10.0. The Morgan fingerprint density at radius 1 is 1.05 bits per heavy atom. The van der Waals surface area contributed by atoms with E-state index in [-0.39, 0.29) is 28.5 Å². The van der Waals surface area contributed by atoms with Gasteiger partial charge < -0.3 is 19.6 Å². The SMILES string of the molecule is CC(C)(O)c1ccc(-c2cccc(N(CC34CCC(c5noc(C(C)(C)F)n5)(CC3)CC4)C(=O)[C@H]3C[C@@](C)(O)C3)c2)nn1. The molecule has 4 aliphatic carbocycles. The smallest absolute Gasteiger partial charge is 0.263 e. The van der Waals surface area contributed by atoms with Crippen molar-refractivity contribution in [3.63, 3.8) is 0 Å². The van der Waals surface area contributed by atoms with Crippen LogP contribution in [-0.4, -0.2) is 48.6 Å². The van der Waals surface area contributed by atoms with Gasteiger partial charge in [0, 0.05) is 29.1 Å². The van der Waals surface area contributed by atoms with E-state index in [9.17, 15) is 19.4 Å². The molecule has 3 aromatic rings.